The summed E-state index contributed by atoms with van der Waals surface area (Å²) in [7, 11) is 2.83. The van der Waals surface area contributed by atoms with Gasteiger partial charge >= 0.3 is 5.97 Å². The third kappa shape index (κ3) is 6.74. The van der Waals surface area contributed by atoms with Crippen LogP contribution >= 0.6 is 11.6 Å². The van der Waals surface area contributed by atoms with Gasteiger partial charge in [-0.25, -0.2) is 4.79 Å². The Morgan fingerprint density at radius 3 is 2.34 bits per heavy atom. The van der Waals surface area contributed by atoms with E-state index in [1.807, 2.05) is 31.2 Å². The molecule has 3 aromatic rings. The maximum atomic E-state index is 12.7. The lowest BCUT2D eigenvalue weighted by Gasteiger charge is -2.13. The minimum Gasteiger partial charge on any atom is -0.493 e. The maximum Gasteiger partial charge on any atom is 0.338 e. The Bertz CT molecular complexity index is 1230. The second-order valence-electron chi connectivity index (χ2n) is 7.53. The monoisotopic (exact) mass is 496 g/mol. The second-order valence-corrected chi connectivity index (χ2v) is 7.94. The molecule has 35 heavy (non-hydrogen) atoms. The first kappa shape index (κ1) is 25.6. The van der Waals surface area contributed by atoms with Crippen molar-refractivity contribution < 1.29 is 28.6 Å². The summed E-state index contributed by atoms with van der Waals surface area (Å²) in [5, 5.41) is 5.60. The summed E-state index contributed by atoms with van der Waals surface area (Å²) < 4.78 is 15.4. The molecule has 0 aromatic heterocycles. The van der Waals surface area contributed by atoms with E-state index in [4.69, 9.17) is 25.8 Å². The number of amides is 2. The number of carbonyl (C=O) groups excluding carboxylic acids is 3. The highest BCUT2D eigenvalue weighted by Gasteiger charge is 2.18. The van der Waals surface area contributed by atoms with Gasteiger partial charge in [0, 0.05) is 6.54 Å². The first-order valence-electron chi connectivity index (χ1n) is 10.6. The van der Waals surface area contributed by atoms with Crippen molar-refractivity contribution in [3.05, 3.63) is 87.9 Å². The van der Waals surface area contributed by atoms with Crippen LogP contribution < -0.4 is 20.1 Å². The molecule has 0 fully saturated rings. The standard InChI is InChI=1S/C26H25ClN2O6/c1-16-8-10-17(11-9-16)14-28-25(31)19-6-4-5-7-21(19)29-23(30)15-35-26(32)18-12-20(27)24(34-3)22(13-18)33-2/h4-13H,14-15H2,1-3H3,(H,28,31)(H,29,30). The first-order valence-corrected chi connectivity index (χ1v) is 11.0. The van der Waals surface area contributed by atoms with Gasteiger partial charge in [-0.15, -0.1) is 0 Å². The molecule has 0 radical (unpaired) electrons. The number of nitrogens with one attached hydrogen (secondary N) is 2. The van der Waals surface area contributed by atoms with Crippen LogP contribution in [0.15, 0.2) is 60.7 Å². The number of benzene rings is 3. The Kier molecular flexibility index (Phi) is 8.69. The van der Waals surface area contributed by atoms with Crippen LogP contribution in [0.4, 0.5) is 5.69 Å². The lowest BCUT2D eigenvalue weighted by molar-refractivity contribution is -0.119. The van der Waals surface area contributed by atoms with Crippen molar-refractivity contribution in [2.75, 3.05) is 26.1 Å². The average molecular weight is 497 g/mol. The Hall–Kier alpha value is -4.04. The molecule has 0 aliphatic carbocycles. The van der Waals surface area contributed by atoms with E-state index in [1.54, 1.807) is 24.3 Å². The molecule has 182 valence electrons. The van der Waals surface area contributed by atoms with Crippen LogP contribution in [0.5, 0.6) is 11.5 Å². The number of aryl methyl sites for hydroxylation is 1. The summed E-state index contributed by atoms with van der Waals surface area (Å²) >= 11 is 6.12. The maximum absolute atomic E-state index is 12.7. The minimum absolute atomic E-state index is 0.0938. The third-order valence-electron chi connectivity index (χ3n) is 5.02. The molecule has 0 atom stereocenters. The molecular weight excluding hydrogens is 472 g/mol. The number of methoxy groups -OCH3 is 2. The van der Waals surface area contributed by atoms with E-state index < -0.39 is 18.5 Å². The van der Waals surface area contributed by atoms with Gasteiger partial charge in [-0.1, -0.05) is 53.6 Å². The normalized spacial score (nSPS) is 10.3. The number of halogens is 1. The fourth-order valence-electron chi connectivity index (χ4n) is 3.21. The van der Waals surface area contributed by atoms with Crippen LogP contribution in [0.3, 0.4) is 0 Å². The smallest absolute Gasteiger partial charge is 0.338 e. The summed E-state index contributed by atoms with van der Waals surface area (Å²) in [5.74, 6) is -1.20. The van der Waals surface area contributed by atoms with Gasteiger partial charge in [0.2, 0.25) is 0 Å². The zero-order valence-corrected chi connectivity index (χ0v) is 20.3. The van der Waals surface area contributed by atoms with E-state index in [9.17, 15) is 14.4 Å². The highest BCUT2D eigenvalue weighted by molar-refractivity contribution is 6.32. The molecule has 0 heterocycles. The summed E-state index contributed by atoms with van der Waals surface area (Å²) in [4.78, 5) is 37.6. The summed E-state index contributed by atoms with van der Waals surface area (Å²) in [6, 6.07) is 17.1. The van der Waals surface area contributed by atoms with Gasteiger partial charge in [-0.05, 0) is 36.8 Å². The molecule has 2 amide bonds. The van der Waals surface area contributed by atoms with Crippen LogP contribution in [0, 0.1) is 6.92 Å². The molecular formula is C26H25ClN2O6. The number of esters is 1. The molecule has 8 nitrogen and oxygen atoms in total. The summed E-state index contributed by atoms with van der Waals surface area (Å²) in [5.41, 5.74) is 2.75. The van der Waals surface area contributed by atoms with Gasteiger partial charge in [0.15, 0.2) is 18.1 Å². The second kappa shape index (κ2) is 11.9. The van der Waals surface area contributed by atoms with E-state index >= 15 is 0 Å². The zero-order valence-electron chi connectivity index (χ0n) is 19.5. The van der Waals surface area contributed by atoms with E-state index in [0.29, 0.717) is 12.2 Å². The molecule has 2 N–H and O–H groups in total. The minimum atomic E-state index is -0.771. The molecule has 3 rings (SSSR count). The number of rotatable bonds is 9. The molecule has 0 saturated heterocycles. The van der Waals surface area contributed by atoms with Crippen molar-refractivity contribution in [1.29, 1.82) is 0 Å². The quantitative estimate of drug-likeness (QED) is 0.426. The summed E-state index contributed by atoms with van der Waals surface area (Å²) in [6.45, 7) is 1.76. The van der Waals surface area contributed by atoms with Crippen LogP contribution in [0.2, 0.25) is 5.02 Å². The van der Waals surface area contributed by atoms with E-state index in [2.05, 4.69) is 10.6 Å². The van der Waals surface area contributed by atoms with Crippen LogP contribution in [0.25, 0.3) is 0 Å². The predicted molar refractivity (Wildman–Crippen MR) is 132 cm³/mol. The fourth-order valence-corrected chi connectivity index (χ4v) is 3.50. The van der Waals surface area contributed by atoms with Gasteiger partial charge in [0.25, 0.3) is 11.8 Å². The third-order valence-corrected chi connectivity index (χ3v) is 5.30. The van der Waals surface area contributed by atoms with Crippen molar-refractivity contribution >= 4 is 35.1 Å². The van der Waals surface area contributed by atoms with E-state index in [-0.39, 0.29) is 33.6 Å². The Balaban J connectivity index is 1.60. The largest absolute Gasteiger partial charge is 0.493 e. The van der Waals surface area contributed by atoms with Crippen molar-refractivity contribution in [3.8, 4) is 11.5 Å². The lowest BCUT2D eigenvalue weighted by Crippen LogP contribution is -2.26. The molecule has 0 saturated carbocycles. The Morgan fingerprint density at radius 2 is 1.66 bits per heavy atom. The number of hydrogen-bond donors (Lipinski definition) is 2. The molecule has 0 unspecified atom stereocenters. The molecule has 0 aliphatic heterocycles. The first-order chi connectivity index (χ1) is 16.8. The summed E-state index contributed by atoms with van der Waals surface area (Å²) in [6.07, 6.45) is 0. The van der Waals surface area contributed by atoms with Crippen LogP contribution in [-0.2, 0) is 16.1 Å². The topological polar surface area (TPSA) is 103 Å². The lowest BCUT2D eigenvalue weighted by atomic mass is 10.1. The Labute approximate surface area is 208 Å². The molecule has 3 aromatic carbocycles. The molecule has 0 spiro atoms. The number of para-hydroxylation sites is 1. The number of ether oxygens (including phenoxy) is 3. The fraction of sp³-hybridized carbons (Fsp3) is 0.192. The van der Waals surface area contributed by atoms with Crippen molar-refractivity contribution in [2.24, 2.45) is 0 Å². The van der Waals surface area contributed by atoms with Gasteiger partial charge in [-0.2, -0.15) is 0 Å². The highest BCUT2D eigenvalue weighted by atomic mass is 35.5. The van der Waals surface area contributed by atoms with Crippen molar-refractivity contribution in [3.63, 3.8) is 0 Å². The van der Waals surface area contributed by atoms with Crippen LogP contribution in [0.1, 0.15) is 31.8 Å². The molecule has 0 aliphatic rings. The molecule has 9 heteroatoms. The van der Waals surface area contributed by atoms with Gasteiger partial charge in [0.05, 0.1) is 36.1 Å². The number of hydrogen-bond acceptors (Lipinski definition) is 6. The van der Waals surface area contributed by atoms with Crippen molar-refractivity contribution in [1.82, 2.24) is 5.32 Å². The molecule has 0 bridgehead atoms. The van der Waals surface area contributed by atoms with E-state index in [1.165, 1.54) is 26.4 Å². The Morgan fingerprint density at radius 1 is 0.943 bits per heavy atom. The van der Waals surface area contributed by atoms with Crippen LogP contribution in [-0.4, -0.2) is 38.6 Å². The van der Waals surface area contributed by atoms with Crippen molar-refractivity contribution in [2.45, 2.75) is 13.5 Å². The zero-order chi connectivity index (χ0) is 25.4. The average Bonchev–Trinajstić information content (AvgIpc) is 2.86. The number of carbonyl (C=O) groups is 3. The predicted octanol–water partition coefficient (Wildman–Crippen LogP) is 4.39. The van der Waals surface area contributed by atoms with Gasteiger partial charge < -0.3 is 24.8 Å². The highest BCUT2D eigenvalue weighted by Crippen LogP contribution is 2.36. The SMILES string of the molecule is COc1cc(C(=O)OCC(=O)Nc2ccccc2C(=O)NCc2ccc(C)cc2)cc(Cl)c1OC. The number of anilines is 1. The van der Waals surface area contributed by atoms with Gasteiger partial charge in [0.1, 0.15) is 0 Å². The van der Waals surface area contributed by atoms with Gasteiger partial charge in [-0.3, -0.25) is 9.59 Å². The van der Waals surface area contributed by atoms with E-state index in [0.717, 1.165) is 11.1 Å².